The lowest BCUT2D eigenvalue weighted by atomic mass is 9.87. The molecule has 1 aliphatic carbocycles. The van der Waals surface area contributed by atoms with Crippen LogP contribution < -0.4 is 11.2 Å². The zero-order chi connectivity index (χ0) is 16.8. The lowest BCUT2D eigenvalue weighted by Crippen LogP contribution is -2.36. The molecule has 0 saturated heterocycles. The number of aromatic amines is 1. The number of aryl methyl sites for hydroxylation is 1. The van der Waals surface area contributed by atoms with Crippen molar-refractivity contribution in [3.63, 3.8) is 0 Å². The normalized spacial score (nSPS) is 16.1. The number of rotatable bonds is 2. The average Bonchev–Trinajstić information content (AvgIpc) is 3.26. The van der Waals surface area contributed by atoms with Crippen LogP contribution in [0.5, 0.6) is 0 Å². The summed E-state index contributed by atoms with van der Waals surface area (Å²) in [5.41, 5.74) is 0.737. The quantitative estimate of drug-likeness (QED) is 0.741. The predicted molar refractivity (Wildman–Crippen MR) is 87.3 cm³/mol. The minimum atomic E-state index is -0.410. The molecule has 0 aromatic carbocycles. The van der Waals surface area contributed by atoms with Gasteiger partial charge in [0.15, 0.2) is 11.2 Å². The summed E-state index contributed by atoms with van der Waals surface area (Å²) in [6.07, 6.45) is 7.85. The lowest BCUT2D eigenvalue weighted by molar-refractivity contribution is 0.436. The molecule has 1 N–H and O–H groups in total. The first kappa shape index (κ1) is 14.9. The number of nitrogens with zero attached hydrogens (tertiary/aromatic N) is 6. The van der Waals surface area contributed by atoms with Gasteiger partial charge < -0.3 is 4.98 Å². The Balaban J connectivity index is 1.79. The van der Waals surface area contributed by atoms with Crippen LogP contribution in [0.4, 0.5) is 0 Å². The fourth-order valence-corrected chi connectivity index (χ4v) is 3.39. The van der Waals surface area contributed by atoms with Crippen molar-refractivity contribution in [2.45, 2.75) is 38.0 Å². The predicted octanol–water partition coefficient (Wildman–Crippen LogP) is 0.589. The second-order valence-corrected chi connectivity index (χ2v) is 6.39. The van der Waals surface area contributed by atoms with Crippen LogP contribution in [0.1, 0.15) is 43.7 Å². The smallest absolute Gasteiger partial charge is 0.316 e. The molecule has 0 aliphatic heterocycles. The van der Waals surface area contributed by atoms with E-state index in [4.69, 9.17) is 0 Å². The van der Waals surface area contributed by atoms with Gasteiger partial charge in [-0.3, -0.25) is 13.9 Å². The highest BCUT2D eigenvalue weighted by molar-refractivity contribution is 5.71. The van der Waals surface area contributed by atoms with Crippen molar-refractivity contribution in [1.29, 1.82) is 0 Å². The largest absolute Gasteiger partial charge is 0.332 e. The first-order chi connectivity index (χ1) is 11.6. The van der Waals surface area contributed by atoms with Crippen molar-refractivity contribution in [2.24, 2.45) is 14.1 Å². The summed E-state index contributed by atoms with van der Waals surface area (Å²) in [6.45, 7) is 0. The summed E-state index contributed by atoms with van der Waals surface area (Å²) >= 11 is 0. The van der Waals surface area contributed by atoms with E-state index in [0.29, 0.717) is 17.5 Å². The van der Waals surface area contributed by atoms with Crippen LogP contribution in [0, 0.1) is 0 Å². The summed E-state index contributed by atoms with van der Waals surface area (Å²) in [5.74, 6) is 0.826. The van der Waals surface area contributed by atoms with Crippen LogP contribution in [0.25, 0.3) is 17.1 Å². The molecule has 3 aromatic rings. The standard InChI is InChI=1S/C15H19N7O2/c1-20-12-11(13(23)21(2)15(20)24)16-14(17-12)22-8-10(18-19-22)9-6-4-3-5-7-9/h8-9H,3-7H2,1-2H3,(H,16,17). The van der Waals surface area contributed by atoms with Crippen molar-refractivity contribution in [3.8, 4) is 5.95 Å². The van der Waals surface area contributed by atoms with Gasteiger partial charge in [-0.2, -0.15) is 9.67 Å². The molecule has 9 nitrogen and oxygen atoms in total. The molecule has 4 rings (SSSR count). The second kappa shape index (κ2) is 5.43. The molecule has 1 saturated carbocycles. The first-order valence-corrected chi connectivity index (χ1v) is 8.14. The fraction of sp³-hybridized carbons (Fsp3) is 0.533. The van der Waals surface area contributed by atoms with Crippen molar-refractivity contribution in [1.82, 2.24) is 34.1 Å². The molecule has 0 radical (unpaired) electrons. The van der Waals surface area contributed by atoms with E-state index < -0.39 is 11.2 Å². The van der Waals surface area contributed by atoms with E-state index in [9.17, 15) is 9.59 Å². The van der Waals surface area contributed by atoms with E-state index >= 15 is 0 Å². The number of nitrogens with one attached hydrogen (secondary N) is 1. The second-order valence-electron chi connectivity index (χ2n) is 6.39. The minimum Gasteiger partial charge on any atom is -0.316 e. The van der Waals surface area contributed by atoms with Crippen LogP contribution in [-0.4, -0.2) is 34.1 Å². The fourth-order valence-electron chi connectivity index (χ4n) is 3.39. The summed E-state index contributed by atoms with van der Waals surface area (Å²) in [6, 6.07) is 0. The SMILES string of the molecule is Cn1c(=O)c2[nH]c(-n3cc(C4CCCCC4)nn3)nc2n(C)c1=O. The molecule has 126 valence electrons. The number of hydrogen-bond acceptors (Lipinski definition) is 5. The highest BCUT2D eigenvalue weighted by Gasteiger charge is 2.20. The summed E-state index contributed by atoms with van der Waals surface area (Å²) in [4.78, 5) is 31.5. The molecule has 0 spiro atoms. The average molecular weight is 329 g/mol. The van der Waals surface area contributed by atoms with Gasteiger partial charge in [0.1, 0.15) is 0 Å². The van der Waals surface area contributed by atoms with Crippen LogP contribution >= 0.6 is 0 Å². The zero-order valence-electron chi connectivity index (χ0n) is 13.7. The Morgan fingerprint density at radius 2 is 1.88 bits per heavy atom. The van der Waals surface area contributed by atoms with Gasteiger partial charge >= 0.3 is 5.69 Å². The maximum Gasteiger partial charge on any atom is 0.332 e. The van der Waals surface area contributed by atoms with Gasteiger partial charge in [-0.25, -0.2) is 4.79 Å². The summed E-state index contributed by atoms with van der Waals surface area (Å²) < 4.78 is 3.93. The van der Waals surface area contributed by atoms with Crippen molar-refractivity contribution in [3.05, 3.63) is 32.7 Å². The van der Waals surface area contributed by atoms with Gasteiger partial charge in [-0.05, 0) is 12.8 Å². The Labute approximate surface area is 136 Å². The molecule has 0 atom stereocenters. The molecule has 0 unspecified atom stereocenters. The number of imidazole rings is 1. The Morgan fingerprint density at radius 1 is 1.12 bits per heavy atom. The number of hydrogen-bond donors (Lipinski definition) is 1. The van der Waals surface area contributed by atoms with E-state index in [1.807, 2.05) is 6.20 Å². The third-order valence-corrected chi connectivity index (χ3v) is 4.83. The number of H-pyrrole nitrogens is 1. The molecule has 0 bridgehead atoms. The molecule has 9 heteroatoms. The first-order valence-electron chi connectivity index (χ1n) is 8.14. The van der Waals surface area contributed by atoms with Crippen molar-refractivity contribution in [2.75, 3.05) is 0 Å². The minimum absolute atomic E-state index is 0.282. The van der Waals surface area contributed by atoms with Gasteiger partial charge in [0.2, 0.25) is 5.95 Å². The third kappa shape index (κ3) is 2.19. The van der Waals surface area contributed by atoms with Crippen LogP contribution in [-0.2, 0) is 14.1 Å². The molecule has 1 aliphatic rings. The van der Waals surface area contributed by atoms with Crippen LogP contribution in [0.3, 0.4) is 0 Å². The van der Waals surface area contributed by atoms with Gasteiger partial charge in [-0.1, -0.05) is 24.5 Å². The zero-order valence-corrected chi connectivity index (χ0v) is 13.7. The molecule has 3 aromatic heterocycles. The van der Waals surface area contributed by atoms with E-state index in [1.54, 1.807) is 7.05 Å². The molecule has 24 heavy (non-hydrogen) atoms. The van der Waals surface area contributed by atoms with Crippen molar-refractivity contribution < 1.29 is 0 Å². The van der Waals surface area contributed by atoms with Gasteiger partial charge in [-0.15, -0.1) is 5.10 Å². The summed E-state index contributed by atoms with van der Waals surface area (Å²) in [5, 5.41) is 8.41. The molecular weight excluding hydrogens is 310 g/mol. The van der Waals surface area contributed by atoms with E-state index in [-0.39, 0.29) is 5.52 Å². The van der Waals surface area contributed by atoms with E-state index in [1.165, 1.54) is 35.6 Å². The monoisotopic (exact) mass is 329 g/mol. The Kier molecular flexibility index (Phi) is 3.36. The Hall–Kier alpha value is -2.71. The maximum absolute atomic E-state index is 12.2. The lowest BCUT2D eigenvalue weighted by Gasteiger charge is -2.18. The van der Waals surface area contributed by atoms with Gasteiger partial charge in [0, 0.05) is 20.0 Å². The van der Waals surface area contributed by atoms with Crippen molar-refractivity contribution >= 4 is 11.2 Å². The molecular formula is C15H19N7O2. The van der Waals surface area contributed by atoms with E-state index in [0.717, 1.165) is 23.1 Å². The topological polar surface area (TPSA) is 103 Å². The highest BCUT2D eigenvalue weighted by atomic mass is 16.2. The molecule has 1 fully saturated rings. The Morgan fingerprint density at radius 3 is 2.62 bits per heavy atom. The van der Waals surface area contributed by atoms with Crippen LogP contribution in [0.2, 0.25) is 0 Å². The molecule has 0 amide bonds. The van der Waals surface area contributed by atoms with E-state index in [2.05, 4.69) is 20.3 Å². The summed E-state index contributed by atoms with van der Waals surface area (Å²) in [7, 11) is 3.03. The Bertz CT molecular complexity index is 1020. The number of aromatic nitrogens is 7. The highest BCUT2D eigenvalue weighted by Crippen LogP contribution is 2.31. The van der Waals surface area contributed by atoms with Crippen LogP contribution in [0.15, 0.2) is 15.8 Å². The maximum atomic E-state index is 12.2. The molecule has 3 heterocycles. The van der Waals surface area contributed by atoms with Gasteiger partial charge in [0.25, 0.3) is 5.56 Å². The number of fused-ring (bicyclic) bond motifs is 1. The third-order valence-electron chi connectivity index (χ3n) is 4.83. The van der Waals surface area contributed by atoms with Gasteiger partial charge in [0.05, 0.1) is 11.9 Å².